The van der Waals surface area contributed by atoms with E-state index < -0.39 is 0 Å². The van der Waals surface area contributed by atoms with Crippen LogP contribution in [0.25, 0.3) is 0 Å². The fourth-order valence-corrected chi connectivity index (χ4v) is 1.33. The Balaban J connectivity index is 2.46. The molecule has 0 saturated carbocycles. The van der Waals surface area contributed by atoms with Crippen LogP contribution in [-0.4, -0.2) is 31.8 Å². The summed E-state index contributed by atoms with van der Waals surface area (Å²) in [7, 11) is 1.64. The van der Waals surface area contributed by atoms with Gasteiger partial charge in [-0.3, -0.25) is 0 Å². The van der Waals surface area contributed by atoms with Crippen LogP contribution in [0.15, 0.2) is 5.16 Å². The van der Waals surface area contributed by atoms with Crippen molar-refractivity contribution < 1.29 is 14.3 Å². The van der Waals surface area contributed by atoms with Gasteiger partial charge in [-0.1, -0.05) is 5.16 Å². The molecule has 1 fully saturated rings. The molecule has 0 radical (unpaired) electrons. The number of ether oxygens (including phenoxy) is 2. The third kappa shape index (κ3) is 3.32. The highest BCUT2D eigenvalue weighted by Gasteiger charge is 2.23. The molecule has 76 valence electrons. The summed E-state index contributed by atoms with van der Waals surface area (Å²) >= 11 is 0. The van der Waals surface area contributed by atoms with Gasteiger partial charge < -0.3 is 14.3 Å². The number of methoxy groups -OCH3 is 1. The Morgan fingerprint density at radius 3 is 2.92 bits per heavy atom. The van der Waals surface area contributed by atoms with E-state index in [-0.39, 0.29) is 12.4 Å². The molecule has 1 rings (SSSR count). The quantitative estimate of drug-likeness (QED) is 0.629. The van der Waals surface area contributed by atoms with Crippen LogP contribution >= 0.6 is 0 Å². The minimum atomic E-state index is -0.164. The van der Waals surface area contributed by atoms with Crippen molar-refractivity contribution in [3.8, 4) is 0 Å². The molecule has 1 aliphatic heterocycles. The van der Waals surface area contributed by atoms with Gasteiger partial charge in [-0.15, -0.1) is 0 Å². The van der Waals surface area contributed by atoms with Crippen LogP contribution in [0.3, 0.4) is 0 Å². The molecule has 4 nitrogen and oxygen atoms in total. The van der Waals surface area contributed by atoms with Gasteiger partial charge >= 0.3 is 0 Å². The van der Waals surface area contributed by atoms with Crippen LogP contribution in [0.5, 0.6) is 0 Å². The second kappa shape index (κ2) is 5.19. The molecule has 1 saturated heterocycles. The van der Waals surface area contributed by atoms with Crippen molar-refractivity contribution >= 4 is 5.71 Å². The van der Waals surface area contributed by atoms with Crippen LogP contribution in [-0.2, 0) is 14.3 Å². The maximum absolute atomic E-state index is 5.49. The number of rotatable bonds is 3. The van der Waals surface area contributed by atoms with Crippen LogP contribution in [0.1, 0.15) is 26.7 Å². The lowest BCUT2D eigenvalue weighted by Gasteiger charge is -2.27. The smallest absolute Gasteiger partial charge is 0.162 e. The maximum atomic E-state index is 5.49. The molecule has 0 bridgehead atoms. The molecule has 0 amide bonds. The Bertz CT molecular complexity index is 182. The first-order valence-corrected chi connectivity index (χ1v) is 4.62. The lowest BCUT2D eigenvalue weighted by molar-refractivity contribution is -0.153. The van der Waals surface area contributed by atoms with E-state index in [9.17, 15) is 0 Å². The molecule has 1 heterocycles. The van der Waals surface area contributed by atoms with Gasteiger partial charge in [-0.05, 0) is 13.8 Å². The zero-order chi connectivity index (χ0) is 9.68. The summed E-state index contributed by atoms with van der Waals surface area (Å²) in [4.78, 5) is 4.99. The van der Waals surface area contributed by atoms with Crippen LogP contribution in [0.4, 0.5) is 0 Å². The molecule has 4 heteroatoms. The van der Waals surface area contributed by atoms with Gasteiger partial charge in [-0.25, -0.2) is 0 Å². The Morgan fingerprint density at radius 2 is 2.31 bits per heavy atom. The molecule has 13 heavy (non-hydrogen) atoms. The minimum Gasteiger partial charge on any atom is -0.396 e. The van der Waals surface area contributed by atoms with E-state index in [1.807, 2.05) is 13.8 Å². The highest BCUT2D eigenvalue weighted by Crippen LogP contribution is 2.17. The highest BCUT2D eigenvalue weighted by atomic mass is 16.7. The zero-order valence-electron chi connectivity index (χ0n) is 8.45. The maximum Gasteiger partial charge on any atom is 0.162 e. The van der Waals surface area contributed by atoms with Crippen molar-refractivity contribution in [3.05, 3.63) is 0 Å². The molecule has 2 atom stereocenters. The van der Waals surface area contributed by atoms with Gasteiger partial charge in [0.15, 0.2) is 6.29 Å². The predicted octanol–water partition coefficient (Wildman–Crippen LogP) is 1.55. The molecule has 0 aromatic carbocycles. The molecule has 0 aromatic heterocycles. The second-order valence-corrected chi connectivity index (χ2v) is 3.10. The predicted molar refractivity (Wildman–Crippen MR) is 49.6 cm³/mol. The topological polar surface area (TPSA) is 40.0 Å². The molecule has 1 aliphatic rings. The fourth-order valence-electron chi connectivity index (χ4n) is 1.33. The second-order valence-electron chi connectivity index (χ2n) is 3.10. The summed E-state index contributed by atoms with van der Waals surface area (Å²) in [6, 6.07) is 0. The Morgan fingerprint density at radius 1 is 1.54 bits per heavy atom. The lowest BCUT2D eigenvalue weighted by Crippen LogP contribution is -2.32. The third-order valence-corrected chi connectivity index (χ3v) is 1.90. The summed E-state index contributed by atoms with van der Waals surface area (Å²) in [5.41, 5.74) is 1.02. The molecule has 0 N–H and O–H groups in total. The third-order valence-electron chi connectivity index (χ3n) is 1.90. The number of oxime groups is 1. The standard InChI is InChI=1S/C9H17NO3/c1-4-12-10-8-5-7(2)13-9(6-8)11-3/h7,9H,4-6H2,1-3H3. The van der Waals surface area contributed by atoms with Gasteiger partial charge in [0.2, 0.25) is 0 Å². The average Bonchev–Trinajstić information content (AvgIpc) is 2.14. The van der Waals surface area contributed by atoms with Crippen LogP contribution < -0.4 is 0 Å². The van der Waals surface area contributed by atoms with Crippen molar-refractivity contribution in [2.75, 3.05) is 13.7 Å². The molecule has 2 unspecified atom stereocenters. The zero-order valence-corrected chi connectivity index (χ0v) is 8.45. The SMILES string of the molecule is CCON=C1CC(C)OC(OC)C1. The van der Waals surface area contributed by atoms with Gasteiger partial charge in [0.05, 0.1) is 11.8 Å². The van der Waals surface area contributed by atoms with E-state index in [0.717, 1.165) is 12.1 Å². The summed E-state index contributed by atoms with van der Waals surface area (Å²) < 4.78 is 10.6. The molecule has 0 aromatic rings. The molecule has 0 aliphatic carbocycles. The van der Waals surface area contributed by atoms with Crippen LogP contribution in [0.2, 0.25) is 0 Å². The first-order valence-electron chi connectivity index (χ1n) is 4.62. The number of nitrogens with zero attached hydrogens (tertiary/aromatic N) is 1. The highest BCUT2D eigenvalue weighted by molar-refractivity contribution is 5.85. The van der Waals surface area contributed by atoms with Crippen molar-refractivity contribution in [2.24, 2.45) is 5.16 Å². The molecular formula is C9H17NO3. The van der Waals surface area contributed by atoms with Gasteiger partial charge in [-0.2, -0.15) is 0 Å². The van der Waals surface area contributed by atoms with Crippen LogP contribution in [0, 0.1) is 0 Å². The first-order chi connectivity index (χ1) is 6.26. The summed E-state index contributed by atoms with van der Waals surface area (Å²) in [6.45, 7) is 4.53. The minimum absolute atomic E-state index is 0.164. The summed E-state index contributed by atoms with van der Waals surface area (Å²) in [5, 5.41) is 4.01. The van der Waals surface area contributed by atoms with Gasteiger partial charge in [0.1, 0.15) is 6.61 Å². The average molecular weight is 187 g/mol. The Labute approximate surface area is 78.8 Å². The fraction of sp³-hybridized carbons (Fsp3) is 0.889. The normalized spacial score (nSPS) is 32.1. The number of hydrogen-bond acceptors (Lipinski definition) is 4. The Hall–Kier alpha value is -0.610. The van der Waals surface area contributed by atoms with Gasteiger partial charge in [0.25, 0.3) is 0 Å². The first kappa shape index (κ1) is 10.5. The van der Waals surface area contributed by atoms with Crippen molar-refractivity contribution in [3.63, 3.8) is 0 Å². The van der Waals surface area contributed by atoms with E-state index >= 15 is 0 Å². The largest absolute Gasteiger partial charge is 0.396 e. The Kier molecular flexibility index (Phi) is 4.18. The van der Waals surface area contributed by atoms with E-state index in [1.165, 1.54) is 0 Å². The van der Waals surface area contributed by atoms with E-state index in [1.54, 1.807) is 7.11 Å². The van der Waals surface area contributed by atoms with E-state index in [0.29, 0.717) is 13.0 Å². The monoisotopic (exact) mass is 187 g/mol. The van der Waals surface area contributed by atoms with Gasteiger partial charge in [0, 0.05) is 20.0 Å². The summed E-state index contributed by atoms with van der Waals surface area (Å²) in [6.07, 6.45) is 1.54. The molecule has 0 spiro atoms. The lowest BCUT2D eigenvalue weighted by atomic mass is 10.1. The van der Waals surface area contributed by atoms with E-state index in [4.69, 9.17) is 14.3 Å². The van der Waals surface area contributed by atoms with Crippen molar-refractivity contribution in [1.82, 2.24) is 0 Å². The number of hydrogen-bond donors (Lipinski definition) is 0. The van der Waals surface area contributed by atoms with Crippen molar-refractivity contribution in [2.45, 2.75) is 39.1 Å². The summed E-state index contributed by atoms with van der Waals surface area (Å²) in [5.74, 6) is 0. The molecular weight excluding hydrogens is 170 g/mol. The van der Waals surface area contributed by atoms with E-state index in [2.05, 4.69) is 5.16 Å². The van der Waals surface area contributed by atoms with Crippen molar-refractivity contribution in [1.29, 1.82) is 0 Å².